The molecule has 3 heterocycles. The van der Waals surface area contributed by atoms with Crippen molar-refractivity contribution in [3.05, 3.63) is 66.0 Å². The maximum atomic E-state index is 12.7. The summed E-state index contributed by atoms with van der Waals surface area (Å²) in [5.41, 5.74) is 1.70. The standard InChI is InChI=1S/C23H26N6O3/c1-31-19-7-3-5-17(14-19)22(32-2)23(30)25-20-8-9-21(28-27-20)29-12-10-16(15-29)13-18-6-4-11-24-26-18/h3-9,11,14,16,22H,10,12-13,15H2,1-2H3,(H,25,27,30)/t16-,22-/m0/s1. The van der Waals surface area contributed by atoms with Gasteiger partial charge >= 0.3 is 0 Å². The molecule has 32 heavy (non-hydrogen) atoms. The van der Waals surface area contributed by atoms with E-state index in [-0.39, 0.29) is 5.91 Å². The average molecular weight is 435 g/mol. The number of hydrogen-bond acceptors (Lipinski definition) is 8. The minimum atomic E-state index is -0.785. The number of benzene rings is 1. The molecular formula is C23H26N6O3. The summed E-state index contributed by atoms with van der Waals surface area (Å²) in [6, 6.07) is 14.8. The summed E-state index contributed by atoms with van der Waals surface area (Å²) >= 11 is 0. The van der Waals surface area contributed by atoms with Gasteiger partial charge in [-0.3, -0.25) is 4.79 Å². The number of amides is 1. The first kappa shape index (κ1) is 21.6. The summed E-state index contributed by atoms with van der Waals surface area (Å²) in [5.74, 6) is 2.00. The SMILES string of the molecule is COc1cccc([C@H](OC)C(=O)Nc2ccc(N3CC[C@@H](Cc4cccnn4)C3)nn2)c1. The molecule has 0 saturated carbocycles. The van der Waals surface area contributed by atoms with E-state index in [0.29, 0.717) is 23.0 Å². The fourth-order valence-electron chi connectivity index (χ4n) is 3.90. The van der Waals surface area contributed by atoms with Crippen molar-refractivity contribution >= 4 is 17.5 Å². The topological polar surface area (TPSA) is 102 Å². The number of hydrogen-bond donors (Lipinski definition) is 1. The molecule has 9 heteroatoms. The van der Waals surface area contributed by atoms with E-state index in [0.717, 1.165) is 37.4 Å². The molecule has 0 unspecified atom stereocenters. The van der Waals surface area contributed by atoms with E-state index >= 15 is 0 Å². The lowest BCUT2D eigenvalue weighted by Gasteiger charge is -2.18. The highest BCUT2D eigenvalue weighted by Gasteiger charge is 2.25. The molecule has 1 aliphatic rings. The second kappa shape index (κ2) is 10.1. The second-order valence-electron chi connectivity index (χ2n) is 7.68. The van der Waals surface area contributed by atoms with Crippen LogP contribution in [0.1, 0.15) is 23.8 Å². The molecule has 166 valence electrons. The summed E-state index contributed by atoms with van der Waals surface area (Å²) in [5, 5.41) is 19.4. The second-order valence-corrected chi connectivity index (χ2v) is 7.68. The molecule has 1 aliphatic heterocycles. The molecule has 1 N–H and O–H groups in total. The highest BCUT2D eigenvalue weighted by Crippen LogP contribution is 2.25. The van der Waals surface area contributed by atoms with E-state index in [1.165, 1.54) is 7.11 Å². The fourth-order valence-corrected chi connectivity index (χ4v) is 3.90. The molecule has 0 aliphatic carbocycles. The molecule has 1 aromatic carbocycles. The van der Waals surface area contributed by atoms with Crippen LogP contribution >= 0.6 is 0 Å². The zero-order chi connectivity index (χ0) is 22.3. The van der Waals surface area contributed by atoms with Gasteiger partial charge in [0.1, 0.15) is 5.75 Å². The van der Waals surface area contributed by atoms with Crippen molar-refractivity contribution in [1.82, 2.24) is 20.4 Å². The molecule has 2 atom stereocenters. The third-order valence-electron chi connectivity index (χ3n) is 5.51. The number of carbonyl (C=O) groups is 1. The number of ether oxygens (including phenoxy) is 2. The first-order valence-corrected chi connectivity index (χ1v) is 10.5. The summed E-state index contributed by atoms with van der Waals surface area (Å²) in [7, 11) is 3.07. The predicted octanol–water partition coefficient (Wildman–Crippen LogP) is 2.67. The predicted molar refractivity (Wildman–Crippen MR) is 119 cm³/mol. The Balaban J connectivity index is 1.35. The van der Waals surface area contributed by atoms with E-state index in [1.54, 1.807) is 25.4 Å². The van der Waals surface area contributed by atoms with Gasteiger partial charge in [-0.2, -0.15) is 10.2 Å². The van der Waals surface area contributed by atoms with E-state index in [4.69, 9.17) is 9.47 Å². The number of nitrogens with zero attached hydrogens (tertiary/aromatic N) is 5. The molecule has 0 radical (unpaired) electrons. The summed E-state index contributed by atoms with van der Waals surface area (Å²) in [6.07, 6.45) is 2.86. The van der Waals surface area contributed by atoms with Crippen LogP contribution in [-0.2, 0) is 16.0 Å². The van der Waals surface area contributed by atoms with E-state index in [9.17, 15) is 4.79 Å². The van der Waals surface area contributed by atoms with Crippen molar-refractivity contribution in [3.63, 3.8) is 0 Å². The van der Waals surface area contributed by atoms with Gasteiger partial charge < -0.3 is 19.7 Å². The Labute approximate surface area is 186 Å². The van der Waals surface area contributed by atoms with Crippen LogP contribution < -0.4 is 15.0 Å². The van der Waals surface area contributed by atoms with Gasteiger partial charge in [0.2, 0.25) is 0 Å². The normalized spacial score (nSPS) is 16.6. The van der Waals surface area contributed by atoms with Crippen molar-refractivity contribution in [2.24, 2.45) is 5.92 Å². The number of rotatable bonds is 8. The lowest BCUT2D eigenvalue weighted by Crippen LogP contribution is -2.24. The Morgan fingerprint density at radius 1 is 1.16 bits per heavy atom. The summed E-state index contributed by atoms with van der Waals surface area (Å²) < 4.78 is 10.6. The third kappa shape index (κ3) is 5.17. The highest BCUT2D eigenvalue weighted by atomic mass is 16.5. The van der Waals surface area contributed by atoms with Gasteiger partial charge in [0.25, 0.3) is 5.91 Å². The largest absolute Gasteiger partial charge is 0.497 e. The van der Waals surface area contributed by atoms with Crippen LogP contribution in [0.15, 0.2) is 54.7 Å². The van der Waals surface area contributed by atoms with Gasteiger partial charge in [-0.25, -0.2) is 0 Å². The third-order valence-corrected chi connectivity index (χ3v) is 5.51. The molecule has 1 saturated heterocycles. The quantitative estimate of drug-likeness (QED) is 0.577. The Morgan fingerprint density at radius 3 is 2.78 bits per heavy atom. The van der Waals surface area contributed by atoms with Crippen LogP contribution in [-0.4, -0.2) is 53.6 Å². The smallest absolute Gasteiger partial charge is 0.259 e. The lowest BCUT2D eigenvalue weighted by molar-refractivity contribution is -0.126. The number of methoxy groups -OCH3 is 2. The Bertz CT molecular complexity index is 1030. The number of carbonyl (C=O) groups excluding carboxylic acids is 1. The zero-order valence-electron chi connectivity index (χ0n) is 18.1. The Kier molecular flexibility index (Phi) is 6.86. The maximum Gasteiger partial charge on any atom is 0.259 e. The summed E-state index contributed by atoms with van der Waals surface area (Å²) in [6.45, 7) is 1.80. The molecule has 0 bridgehead atoms. The van der Waals surface area contributed by atoms with Gasteiger partial charge in [0, 0.05) is 26.4 Å². The average Bonchev–Trinajstić information content (AvgIpc) is 3.29. The van der Waals surface area contributed by atoms with Crippen LogP contribution in [0.25, 0.3) is 0 Å². The van der Waals surface area contributed by atoms with Crippen LogP contribution in [0, 0.1) is 5.92 Å². The number of aromatic nitrogens is 4. The van der Waals surface area contributed by atoms with Crippen molar-refractivity contribution < 1.29 is 14.3 Å². The van der Waals surface area contributed by atoms with Crippen LogP contribution in [0.2, 0.25) is 0 Å². The van der Waals surface area contributed by atoms with Gasteiger partial charge in [-0.15, -0.1) is 10.2 Å². The lowest BCUT2D eigenvalue weighted by atomic mass is 10.0. The fraction of sp³-hybridized carbons (Fsp3) is 0.348. The van der Waals surface area contributed by atoms with Crippen LogP contribution in [0.4, 0.5) is 11.6 Å². The van der Waals surface area contributed by atoms with Gasteiger partial charge in [0.05, 0.1) is 12.8 Å². The molecule has 2 aromatic heterocycles. The minimum Gasteiger partial charge on any atom is -0.497 e. The molecule has 1 amide bonds. The van der Waals surface area contributed by atoms with Crippen molar-refractivity contribution in [1.29, 1.82) is 0 Å². The minimum absolute atomic E-state index is 0.326. The van der Waals surface area contributed by atoms with Crippen LogP contribution in [0.5, 0.6) is 5.75 Å². The van der Waals surface area contributed by atoms with E-state index in [1.807, 2.05) is 36.4 Å². The number of nitrogens with one attached hydrogen (secondary N) is 1. The van der Waals surface area contributed by atoms with Gasteiger partial charge in [-0.1, -0.05) is 12.1 Å². The summed E-state index contributed by atoms with van der Waals surface area (Å²) in [4.78, 5) is 14.9. The molecule has 1 fully saturated rings. The van der Waals surface area contributed by atoms with Crippen molar-refractivity contribution in [2.45, 2.75) is 18.9 Å². The van der Waals surface area contributed by atoms with Gasteiger partial charge in [0.15, 0.2) is 17.7 Å². The first-order valence-electron chi connectivity index (χ1n) is 10.5. The van der Waals surface area contributed by atoms with E-state index in [2.05, 4.69) is 30.6 Å². The zero-order valence-corrected chi connectivity index (χ0v) is 18.1. The molecule has 4 rings (SSSR count). The first-order chi connectivity index (χ1) is 15.7. The molecule has 9 nitrogen and oxygen atoms in total. The van der Waals surface area contributed by atoms with Gasteiger partial charge in [-0.05, 0) is 60.7 Å². The number of anilines is 2. The molecule has 3 aromatic rings. The maximum absolute atomic E-state index is 12.7. The Hall–Kier alpha value is -3.59. The Morgan fingerprint density at radius 2 is 2.06 bits per heavy atom. The van der Waals surface area contributed by atoms with E-state index < -0.39 is 6.10 Å². The molecule has 0 spiro atoms. The molecular weight excluding hydrogens is 408 g/mol. The van der Waals surface area contributed by atoms with Crippen molar-refractivity contribution in [3.8, 4) is 5.75 Å². The van der Waals surface area contributed by atoms with Crippen LogP contribution in [0.3, 0.4) is 0 Å². The monoisotopic (exact) mass is 434 g/mol. The highest BCUT2D eigenvalue weighted by molar-refractivity contribution is 5.94. The van der Waals surface area contributed by atoms with Crippen molar-refractivity contribution in [2.75, 3.05) is 37.5 Å².